The zero-order chi connectivity index (χ0) is 12.0. The maximum Gasteiger partial charge on any atom is 0.261 e. The lowest BCUT2D eigenvalue weighted by atomic mass is 10.1. The lowest BCUT2D eigenvalue weighted by molar-refractivity contribution is 0.609. The first-order valence-corrected chi connectivity index (χ1v) is 8.56. The molecule has 1 rings (SSSR count). The molecule has 0 N–H and O–H groups in total. The van der Waals surface area contributed by atoms with Crippen LogP contribution in [0.1, 0.15) is 24.8 Å². The first kappa shape index (κ1) is 14.0. The summed E-state index contributed by atoms with van der Waals surface area (Å²) in [5.74, 6) is 0. The van der Waals surface area contributed by atoms with Gasteiger partial charge in [-0.3, -0.25) is 0 Å². The third kappa shape index (κ3) is 4.85. The van der Waals surface area contributed by atoms with Crippen LogP contribution < -0.4 is 0 Å². The van der Waals surface area contributed by atoms with Crippen molar-refractivity contribution in [3.63, 3.8) is 0 Å². The summed E-state index contributed by atoms with van der Waals surface area (Å²) >= 11 is 3.39. The number of hydrogen-bond acceptors (Lipinski definition) is 2. The molecule has 0 fully saturated rings. The predicted octanol–water partition coefficient (Wildman–Crippen LogP) is 3.72. The van der Waals surface area contributed by atoms with Crippen LogP contribution in [0, 0.1) is 0 Å². The molecular weight excluding hydrogens is 312 g/mol. The molecule has 0 saturated heterocycles. The lowest BCUT2D eigenvalue weighted by Crippen LogP contribution is -1.92. The molecule has 0 aliphatic carbocycles. The third-order valence-corrected chi connectivity index (χ3v) is 4.23. The van der Waals surface area contributed by atoms with Crippen molar-refractivity contribution in [3.05, 3.63) is 29.8 Å². The Bertz CT molecular complexity index is 414. The molecule has 0 atom stereocenters. The topological polar surface area (TPSA) is 34.1 Å². The highest BCUT2D eigenvalue weighted by Gasteiger charge is 2.08. The average Bonchev–Trinajstić information content (AvgIpc) is 2.24. The molecule has 0 bridgehead atoms. The molecule has 0 aromatic heterocycles. The SMILES string of the molecule is O=S(=O)(Cl)c1ccc(CCCCCBr)cc1. The second-order valence-corrected chi connectivity index (χ2v) is 6.94. The van der Waals surface area contributed by atoms with Crippen molar-refractivity contribution >= 4 is 35.7 Å². The standard InChI is InChI=1S/C11H14BrClO2S/c12-9-3-1-2-4-10-5-7-11(8-6-10)16(13,14)15/h5-8H,1-4,9H2. The number of benzene rings is 1. The molecule has 1 aromatic carbocycles. The maximum atomic E-state index is 11.0. The Morgan fingerprint density at radius 1 is 1.06 bits per heavy atom. The molecule has 0 aliphatic heterocycles. The summed E-state index contributed by atoms with van der Waals surface area (Å²) in [7, 11) is 1.64. The fourth-order valence-corrected chi connectivity index (χ4v) is 2.59. The molecule has 0 saturated carbocycles. The minimum Gasteiger partial charge on any atom is -0.207 e. The van der Waals surface area contributed by atoms with Crippen LogP contribution in [0.2, 0.25) is 0 Å². The average molecular weight is 326 g/mol. The number of hydrogen-bond donors (Lipinski definition) is 0. The molecule has 2 nitrogen and oxygen atoms in total. The van der Waals surface area contributed by atoms with Gasteiger partial charge in [0.2, 0.25) is 0 Å². The van der Waals surface area contributed by atoms with Crippen LogP contribution >= 0.6 is 26.6 Å². The minimum absolute atomic E-state index is 0.165. The smallest absolute Gasteiger partial charge is 0.207 e. The molecule has 90 valence electrons. The van der Waals surface area contributed by atoms with Crippen molar-refractivity contribution in [3.8, 4) is 0 Å². The van der Waals surface area contributed by atoms with Gasteiger partial charge in [-0.1, -0.05) is 34.5 Å². The summed E-state index contributed by atoms with van der Waals surface area (Å²) in [6, 6.07) is 6.76. The van der Waals surface area contributed by atoms with Gasteiger partial charge in [-0.25, -0.2) is 8.42 Å². The van der Waals surface area contributed by atoms with Crippen LogP contribution in [-0.4, -0.2) is 13.7 Å². The molecule has 0 aliphatic rings. The monoisotopic (exact) mass is 324 g/mol. The van der Waals surface area contributed by atoms with Crippen molar-refractivity contribution in [2.75, 3.05) is 5.33 Å². The highest BCUT2D eigenvalue weighted by molar-refractivity contribution is 9.09. The largest absolute Gasteiger partial charge is 0.261 e. The van der Waals surface area contributed by atoms with Crippen molar-refractivity contribution < 1.29 is 8.42 Å². The molecule has 16 heavy (non-hydrogen) atoms. The van der Waals surface area contributed by atoms with Gasteiger partial charge < -0.3 is 0 Å². The number of rotatable bonds is 6. The molecule has 5 heteroatoms. The third-order valence-electron chi connectivity index (χ3n) is 2.30. The Morgan fingerprint density at radius 2 is 1.69 bits per heavy atom. The quantitative estimate of drug-likeness (QED) is 0.454. The van der Waals surface area contributed by atoms with E-state index in [1.165, 1.54) is 12.8 Å². The normalized spacial score (nSPS) is 11.6. The molecule has 0 heterocycles. The highest BCUT2D eigenvalue weighted by Crippen LogP contribution is 2.16. The summed E-state index contributed by atoms with van der Waals surface area (Å²) in [5.41, 5.74) is 1.15. The number of unbranched alkanes of at least 4 members (excludes halogenated alkanes) is 2. The number of aryl methyl sites for hydroxylation is 1. The van der Waals surface area contributed by atoms with E-state index < -0.39 is 9.05 Å². The first-order chi connectivity index (χ1) is 7.54. The van der Waals surface area contributed by atoms with E-state index in [9.17, 15) is 8.42 Å². The zero-order valence-electron chi connectivity index (χ0n) is 8.83. The van der Waals surface area contributed by atoms with Gasteiger partial charge in [-0.2, -0.15) is 0 Å². The van der Waals surface area contributed by atoms with Crippen molar-refractivity contribution in [1.82, 2.24) is 0 Å². The van der Waals surface area contributed by atoms with Gasteiger partial charge in [-0.15, -0.1) is 0 Å². The van der Waals surface area contributed by atoms with Crippen LogP contribution in [0.15, 0.2) is 29.2 Å². The molecular formula is C11H14BrClO2S. The van der Waals surface area contributed by atoms with E-state index >= 15 is 0 Å². The second-order valence-electron chi connectivity index (χ2n) is 3.58. The van der Waals surface area contributed by atoms with E-state index in [1.807, 2.05) is 12.1 Å². The van der Waals surface area contributed by atoms with Gasteiger partial charge in [0.15, 0.2) is 0 Å². The highest BCUT2D eigenvalue weighted by atomic mass is 79.9. The summed E-state index contributed by atoms with van der Waals surface area (Å²) in [6.07, 6.45) is 4.46. The van der Waals surface area contributed by atoms with Crippen molar-refractivity contribution in [2.24, 2.45) is 0 Å². The van der Waals surface area contributed by atoms with E-state index in [1.54, 1.807) is 12.1 Å². The Hall–Kier alpha value is -0.0600. The molecule has 0 spiro atoms. The molecule has 0 unspecified atom stereocenters. The van der Waals surface area contributed by atoms with Gasteiger partial charge in [-0.05, 0) is 37.0 Å². The Kier molecular flexibility index (Phi) is 5.79. The first-order valence-electron chi connectivity index (χ1n) is 5.13. The summed E-state index contributed by atoms with van der Waals surface area (Å²) < 4.78 is 22.0. The van der Waals surface area contributed by atoms with E-state index in [4.69, 9.17) is 10.7 Å². The summed E-state index contributed by atoms with van der Waals surface area (Å²) in [6.45, 7) is 0. The maximum absolute atomic E-state index is 11.0. The molecule has 0 amide bonds. The number of halogens is 2. The van der Waals surface area contributed by atoms with E-state index in [0.717, 1.165) is 23.7 Å². The van der Waals surface area contributed by atoms with Crippen molar-refractivity contribution in [1.29, 1.82) is 0 Å². The fourth-order valence-electron chi connectivity index (χ4n) is 1.42. The Balaban J connectivity index is 2.52. The number of alkyl halides is 1. The Labute approximate surface area is 110 Å². The Morgan fingerprint density at radius 3 is 2.19 bits per heavy atom. The van der Waals surface area contributed by atoms with Gasteiger partial charge in [0.1, 0.15) is 0 Å². The van der Waals surface area contributed by atoms with E-state index in [2.05, 4.69) is 15.9 Å². The van der Waals surface area contributed by atoms with Gasteiger partial charge in [0, 0.05) is 16.0 Å². The van der Waals surface area contributed by atoms with Crippen LogP contribution in [0.4, 0.5) is 0 Å². The van der Waals surface area contributed by atoms with Crippen molar-refractivity contribution in [2.45, 2.75) is 30.6 Å². The molecule has 0 radical (unpaired) electrons. The van der Waals surface area contributed by atoms with Crippen LogP contribution in [0.25, 0.3) is 0 Å². The van der Waals surface area contributed by atoms with Gasteiger partial charge in [0.05, 0.1) is 4.90 Å². The van der Waals surface area contributed by atoms with Gasteiger partial charge in [0.25, 0.3) is 9.05 Å². The van der Waals surface area contributed by atoms with Crippen LogP contribution in [0.5, 0.6) is 0 Å². The lowest BCUT2D eigenvalue weighted by Gasteiger charge is -2.02. The van der Waals surface area contributed by atoms with E-state index in [-0.39, 0.29) is 4.90 Å². The molecule has 1 aromatic rings. The predicted molar refractivity (Wildman–Crippen MR) is 70.8 cm³/mol. The summed E-state index contributed by atoms with van der Waals surface area (Å²) in [4.78, 5) is 0.165. The zero-order valence-corrected chi connectivity index (χ0v) is 12.0. The van der Waals surface area contributed by atoms with Crippen LogP contribution in [0.3, 0.4) is 0 Å². The minimum atomic E-state index is -3.58. The fraction of sp³-hybridized carbons (Fsp3) is 0.455. The van der Waals surface area contributed by atoms with Gasteiger partial charge >= 0.3 is 0 Å². The second kappa shape index (κ2) is 6.62. The van der Waals surface area contributed by atoms with E-state index in [0.29, 0.717) is 0 Å². The van der Waals surface area contributed by atoms with Crippen LogP contribution in [-0.2, 0) is 15.5 Å². The summed E-state index contributed by atoms with van der Waals surface area (Å²) in [5, 5.41) is 1.04.